The van der Waals surface area contributed by atoms with Crippen LogP contribution in [-0.2, 0) is 0 Å². The predicted octanol–water partition coefficient (Wildman–Crippen LogP) is 3.70. The smallest absolute Gasteiger partial charge is 0.257 e. The number of amides is 1. The quantitative estimate of drug-likeness (QED) is 0.830. The van der Waals surface area contributed by atoms with Gasteiger partial charge in [-0.05, 0) is 36.4 Å². The highest BCUT2D eigenvalue weighted by Gasteiger charge is 2.11. The number of anilines is 2. The molecule has 20 heavy (non-hydrogen) atoms. The zero-order valence-corrected chi connectivity index (χ0v) is 11.7. The van der Waals surface area contributed by atoms with Crippen LogP contribution in [0.3, 0.4) is 0 Å². The number of carbonyl (C=O) groups is 1. The van der Waals surface area contributed by atoms with E-state index >= 15 is 0 Å². The van der Waals surface area contributed by atoms with Gasteiger partial charge in [0.1, 0.15) is 6.07 Å². The second-order valence-corrected chi connectivity index (χ2v) is 4.84. The summed E-state index contributed by atoms with van der Waals surface area (Å²) in [6.07, 6.45) is 0. The zero-order chi connectivity index (χ0) is 14.7. The largest absolute Gasteiger partial charge is 0.398 e. The van der Waals surface area contributed by atoms with Gasteiger partial charge in [-0.15, -0.1) is 0 Å². The molecule has 0 bridgehead atoms. The average molecular weight is 306 g/mol. The van der Waals surface area contributed by atoms with Gasteiger partial charge in [-0.25, -0.2) is 0 Å². The molecule has 0 saturated heterocycles. The maximum Gasteiger partial charge on any atom is 0.257 e. The Morgan fingerprint density at radius 2 is 1.95 bits per heavy atom. The molecule has 2 aromatic carbocycles. The van der Waals surface area contributed by atoms with E-state index in [0.717, 1.165) is 0 Å². The number of rotatable bonds is 2. The Morgan fingerprint density at radius 1 is 1.20 bits per heavy atom. The van der Waals surface area contributed by atoms with Gasteiger partial charge in [0.15, 0.2) is 0 Å². The molecule has 6 heteroatoms. The van der Waals surface area contributed by atoms with Gasteiger partial charge in [0.2, 0.25) is 0 Å². The van der Waals surface area contributed by atoms with Crippen molar-refractivity contribution in [2.75, 3.05) is 11.1 Å². The number of hydrogen-bond acceptors (Lipinski definition) is 3. The number of hydrogen-bond donors (Lipinski definition) is 2. The van der Waals surface area contributed by atoms with E-state index in [1.807, 2.05) is 6.07 Å². The van der Waals surface area contributed by atoms with Crippen LogP contribution >= 0.6 is 23.2 Å². The molecule has 0 aromatic heterocycles. The normalized spacial score (nSPS) is 9.85. The van der Waals surface area contributed by atoms with Gasteiger partial charge in [-0.3, -0.25) is 4.79 Å². The number of carbonyl (C=O) groups excluding carboxylic acids is 1. The third-order valence-corrected chi connectivity index (χ3v) is 3.17. The summed E-state index contributed by atoms with van der Waals surface area (Å²) in [5.74, 6) is -0.406. The van der Waals surface area contributed by atoms with Crippen molar-refractivity contribution in [2.45, 2.75) is 0 Å². The number of nitrogens with one attached hydrogen (secondary N) is 1. The molecule has 0 unspecified atom stereocenters. The fourth-order valence-electron chi connectivity index (χ4n) is 1.61. The summed E-state index contributed by atoms with van der Waals surface area (Å²) >= 11 is 11.7. The molecule has 2 aromatic rings. The first-order valence-electron chi connectivity index (χ1n) is 5.57. The van der Waals surface area contributed by atoms with E-state index in [0.29, 0.717) is 21.4 Å². The fourth-order valence-corrected chi connectivity index (χ4v) is 1.94. The summed E-state index contributed by atoms with van der Waals surface area (Å²) in [6, 6.07) is 11.2. The first-order chi connectivity index (χ1) is 9.51. The van der Waals surface area contributed by atoms with Crippen LogP contribution in [0.4, 0.5) is 11.4 Å². The molecule has 1 amide bonds. The van der Waals surface area contributed by atoms with E-state index in [1.165, 1.54) is 18.2 Å². The standard InChI is InChI=1S/C14H9Cl2N3O/c15-9-1-4-13(18)11(6-9)14(20)19-10-2-3-12(16)8(5-10)7-17/h1-6H,18H2,(H,19,20). The third-order valence-electron chi connectivity index (χ3n) is 2.60. The van der Waals surface area contributed by atoms with Gasteiger partial charge in [-0.1, -0.05) is 23.2 Å². The molecule has 2 rings (SSSR count). The second-order valence-electron chi connectivity index (χ2n) is 3.99. The Hall–Kier alpha value is -2.22. The minimum absolute atomic E-state index is 0.269. The highest BCUT2D eigenvalue weighted by Crippen LogP contribution is 2.22. The van der Waals surface area contributed by atoms with Gasteiger partial charge >= 0.3 is 0 Å². The Bertz CT molecular complexity index is 723. The molecular formula is C14H9Cl2N3O. The van der Waals surface area contributed by atoms with Crippen molar-refractivity contribution < 1.29 is 4.79 Å². The maximum absolute atomic E-state index is 12.1. The molecule has 0 atom stereocenters. The lowest BCUT2D eigenvalue weighted by Crippen LogP contribution is -2.14. The van der Waals surface area contributed by atoms with Crippen molar-refractivity contribution in [2.24, 2.45) is 0 Å². The molecule has 0 saturated carbocycles. The van der Waals surface area contributed by atoms with Crippen LogP contribution in [0.5, 0.6) is 0 Å². The predicted molar refractivity (Wildman–Crippen MR) is 80.0 cm³/mol. The molecule has 0 radical (unpaired) electrons. The maximum atomic E-state index is 12.1. The fraction of sp³-hybridized carbons (Fsp3) is 0. The molecule has 0 spiro atoms. The number of halogens is 2. The van der Waals surface area contributed by atoms with Crippen LogP contribution in [0.1, 0.15) is 15.9 Å². The number of nitriles is 1. The summed E-state index contributed by atoms with van der Waals surface area (Å²) in [5, 5.41) is 12.3. The van der Waals surface area contributed by atoms with Crippen LogP contribution in [0.15, 0.2) is 36.4 Å². The first kappa shape index (κ1) is 14.2. The summed E-state index contributed by atoms with van der Waals surface area (Å²) in [7, 11) is 0. The number of nitrogens with zero attached hydrogens (tertiary/aromatic N) is 1. The summed E-state index contributed by atoms with van der Waals surface area (Å²) in [5.41, 5.74) is 7.06. The number of benzene rings is 2. The molecular weight excluding hydrogens is 297 g/mol. The zero-order valence-electron chi connectivity index (χ0n) is 10.2. The monoisotopic (exact) mass is 305 g/mol. The van der Waals surface area contributed by atoms with Crippen LogP contribution in [-0.4, -0.2) is 5.91 Å². The molecule has 0 aliphatic carbocycles. The van der Waals surface area contributed by atoms with E-state index in [1.54, 1.807) is 18.2 Å². The minimum atomic E-state index is -0.406. The Morgan fingerprint density at radius 3 is 2.65 bits per heavy atom. The first-order valence-corrected chi connectivity index (χ1v) is 6.33. The van der Waals surface area contributed by atoms with E-state index in [9.17, 15) is 4.79 Å². The molecule has 3 N–H and O–H groups in total. The third kappa shape index (κ3) is 3.02. The lowest BCUT2D eigenvalue weighted by Gasteiger charge is -2.08. The Balaban J connectivity index is 2.28. The van der Waals surface area contributed by atoms with Crippen molar-refractivity contribution in [1.82, 2.24) is 0 Å². The lowest BCUT2D eigenvalue weighted by molar-refractivity contribution is 0.102. The van der Waals surface area contributed by atoms with Gasteiger partial charge < -0.3 is 11.1 Å². The van der Waals surface area contributed by atoms with Crippen LogP contribution < -0.4 is 11.1 Å². The Kier molecular flexibility index (Phi) is 4.14. The molecule has 0 fully saturated rings. The van der Waals surface area contributed by atoms with Crippen molar-refractivity contribution in [1.29, 1.82) is 5.26 Å². The van der Waals surface area contributed by atoms with Gasteiger partial charge in [0, 0.05) is 16.4 Å². The van der Waals surface area contributed by atoms with Gasteiger partial charge in [0.05, 0.1) is 16.1 Å². The molecule has 0 aliphatic heterocycles. The number of nitrogens with two attached hydrogens (primary N) is 1. The second kappa shape index (κ2) is 5.83. The van der Waals surface area contributed by atoms with Crippen LogP contribution in [0.25, 0.3) is 0 Å². The SMILES string of the molecule is N#Cc1cc(NC(=O)c2cc(Cl)ccc2N)ccc1Cl. The number of nitrogen functional groups attached to an aromatic ring is 1. The van der Waals surface area contributed by atoms with Crippen molar-refractivity contribution in [3.8, 4) is 6.07 Å². The molecule has 0 aliphatic rings. The molecule has 100 valence electrons. The van der Waals surface area contributed by atoms with Crippen molar-refractivity contribution in [3.63, 3.8) is 0 Å². The van der Waals surface area contributed by atoms with E-state index < -0.39 is 5.91 Å². The van der Waals surface area contributed by atoms with E-state index in [4.69, 9.17) is 34.2 Å². The van der Waals surface area contributed by atoms with Crippen LogP contribution in [0, 0.1) is 11.3 Å². The topological polar surface area (TPSA) is 78.9 Å². The molecule has 0 heterocycles. The Labute approximate surface area is 125 Å². The van der Waals surface area contributed by atoms with Gasteiger partial charge in [-0.2, -0.15) is 5.26 Å². The van der Waals surface area contributed by atoms with Crippen molar-refractivity contribution in [3.05, 3.63) is 57.6 Å². The van der Waals surface area contributed by atoms with E-state index in [-0.39, 0.29) is 11.1 Å². The van der Waals surface area contributed by atoms with Gasteiger partial charge in [0.25, 0.3) is 5.91 Å². The minimum Gasteiger partial charge on any atom is -0.398 e. The average Bonchev–Trinajstić information content (AvgIpc) is 2.43. The van der Waals surface area contributed by atoms with Crippen molar-refractivity contribution >= 4 is 40.5 Å². The van der Waals surface area contributed by atoms with Crippen LogP contribution in [0.2, 0.25) is 10.0 Å². The van der Waals surface area contributed by atoms with E-state index in [2.05, 4.69) is 5.32 Å². The summed E-state index contributed by atoms with van der Waals surface area (Å²) in [4.78, 5) is 12.1. The lowest BCUT2D eigenvalue weighted by atomic mass is 10.1. The molecule has 4 nitrogen and oxygen atoms in total. The summed E-state index contributed by atoms with van der Waals surface area (Å²) in [6.45, 7) is 0. The highest BCUT2D eigenvalue weighted by atomic mass is 35.5. The highest BCUT2D eigenvalue weighted by molar-refractivity contribution is 6.32. The summed E-state index contributed by atoms with van der Waals surface area (Å²) < 4.78 is 0.